The molecule has 86 valence electrons. The van der Waals surface area contributed by atoms with Gasteiger partial charge in [-0.1, -0.05) is 0 Å². The molecule has 2 N–H and O–H groups in total. The maximum atomic E-state index is 8.99. The van der Waals surface area contributed by atoms with Gasteiger partial charge < -0.3 is 5.73 Å². The zero-order valence-corrected chi connectivity index (χ0v) is 9.41. The second-order valence-corrected chi connectivity index (χ2v) is 3.80. The Labute approximate surface area is 103 Å². The van der Waals surface area contributed by atoms with Crippen molar-refractivity contribution < 1.29 is 0 Å². The van der Waals surface area contributed by atoms with E-state index in [4.69, 9.17) is 11.0 Å². The van der Waals surface area contributed by atoms with Crippen LogP contribution in [0.5, 0.6) is 0 Å². The van der Waals surface area contributed by atoms with Gasteiger partial charge in [0.25, 0.3) is 0 Å². The smallest absolute Gasteiger partial charge is 0.217 e. The number of rotatable bonds is 1. The topological polar surface area (TPSA) is 80.5 Å². The van der Waals surface area contributed by atoms with Crippen LogP contribution in [0.25, 0.3) is 16.6 Å². The fraction of sp³-hybridized carbons (Fsp3) is 0. The first kappa shape index (κ1) is 10.3. The molecule has 3 aromatic rings. The molecule has 0 saturated heterocycles. The molecule has 0 aliphatic carbocycles. The van der Waals surface area contributed by atoms with E-state index in [1.807, 2.05) is 30.3 Å². The van der Waals surface area contributed by atoms with Crippen molar-refractivity contribution in [3.05, 3.63) is 48.7 Å². The number of nitrogens with two attached hydrogens (primary N) is 1. The van der Waals surface area contributed by atoms with Crippen molar-refractivity contribution in [1.29, 1.82) is 5.26 Å². The second kappa shape index (κ2) is 3.86. The van der Waals surface area contributed by atoms with Gasteiger partial charge in [0.15, 0.2) is 0 Å². The van der Waals surface area contributed by atoms with E-state index >= 15 is 0 Å². The van der Waals surface area contributed by atoms with Crippen molar-refractivity contribution in [1.82, 2.24) is 14.5 Å². The second-order valence-electron chi connectivity index (χ2n) is 3.80. The van der Waals surface area contributed by atoms with E-state index in [0.717, 1.165) is 16.6 Å². The van der Waals surface area contributed by atoms with Gasteiger partial charge in [-0.05, 0) is 24.3 Å². The minimum atomic E-state index is 0.310. The number of imidazole rings is 1. The van der Waals surface area contributed by atoms with Gasteiger partial charge in [0.1, 0.15) is 6.07 Å². The van der Waals surface area contributed by atoms with Crippen LogP contribution in [0, 0.1) is 11.3 Å². The van der Waals surface area contributed by atoms with Crippen molar-refractivity contribution in [3.63, 3.8) is 0 Å². The van der Waals surface area contributed by atoms with E-state index in [0.29, 0.717) is 11.5 Å². The number of nitriles is 1. The van der Waals surface area contributed by atoms with Gasteiger partial charge in [-0.25, -0.2) is 4.98 Å². The van der Waals surface area contributed by atoms with Crippen LogP contribution < -0.4 is 5.73 Å². The molecule has 0 amide bonds. The Kier molecular flexibility index (Phi) is 2.21. The van der Waals surface area contributed by atoms with Gasteiger partial charge in [0.05, 0.1) is 16.9 Å². The number of hydrogen-bond acceptors (Lipinski definition) is 4. The van der Waals surface area contributed by atoms with Crippen LogP contribution in [0.1, 0.15) is 5.82 Å². The summed E-state index contributed by atoms with van der Waals surface area (Å²) in [5.41, 5.74) is 8.30. The molecule has 3 rings (SSSR count). The van der Waals surface area contributed by atoms with Gasteiger partial charge in [0, 0.05) is 24.0 Å². The minimum absolute atomic E-state index is 0.310. The summed E-state index contributed by atoms with van der Waals surface area (Å²) in [6.07, 6.45) is 5.01. The van der Waals surface area contributed by atoms with Gasteiger partial charge in [0.2, 0.25) is 5.82 Å². The maximum Gasteiger partial charge on any atom is 0.217 e. The molecule has 5 nitrogen and oxygen atoms in total. The molecule has 0 aliphatic rings. The number of nitrogens with zero attached hydrogens (tertiary/aromatic N) is 4. The van der Waals surface area contributed by atoms with Gasteiger partial charge in [-0.2, -0.15) is 5.26 Å². The average molecular weight is 235 g/mol. The molecule has 0 bridgehead atoms. The number of nitrogen functional groups attached to an aromatic ring is 1. The molecule has 18 heavy (non-hydrogen) atoms. The van der Waals surface area contributed by atoms with Crippen LogP contribution >= 0.6 is 0 Å². The molecule has 2 aromatic heterocycles. The molecule has 0 fully saturated rings. The fourth-order valence-corrected chi connectivity index (χ4v) is 1.95. The summed E-state index contributed by atoms with van der Waals surface area (Å²) in [6.45, 7) is 0. The quantitative estimate of drug-likeness (QED) is 0.653. The molecule has 1 aromatic carbocycles. The Morgan fingerprint density at radius 1 is 1.17 bits per heavy atom. The van der Waals surface area contributed by atoms with Crippen LogP contribution in [-0.4, -0.2) is 14.5 Å². The molecule has 0 aliphatic heterocycles. The zero-order valence-electron chi connectivity index (χ0n) is 9.41. The molecule has 0 unspecified atom stereocenters. The lowest BCUT2D eigenvalue weighted by Crippen LogP contribution is -2.02. The maximum absolute atomic E-state index is 8.99. The monoisotopic (exact) mass is 235 g/mol. The van der Waals surface area contributed by atoms with Crippen LogP contribution in [0.2, 0.25) is 0 Å². The summed E-state index contributed by atoms with van der Waals surface area (Å²) in [5, 5.41) is 9.85. The first-order chi connectivity index (χ1) is 8.81. The van der Waals surface area contributed by atoms with Crippen LogP contribution in [0.4, 0.5) is 5.69 Å². The van der Waals surface area contributed by atoms with E-state index in [1.165, 1.54) is 0 Å². The summed E-state index contributed by atoms with van der Waals surface area (Å²) in [5.74, 6) is 0.310. The number of benzene rings is 1. The van der Waals surface area contributed by atoms with Gasteiger partial charge >= 0.3 is 0 Å². The summed E-state index contributed by atoms with van der Waals surface area (Å²) in [7, 11) is 0. The van der Waals surface area contributed by atoms with Crippen LogP contribution in [0.3, 0.4) is 0 Å². The number of aromatic nitrogens is 3. The fourth-order valence-electron chi connectivity index (χ4n) is 1.95. The highest BCUT2D eigenvalue weighted by Crippen LogP contribution is 2.26. The highest BCUT2D eigenvalue weighted by Gasteiger charge is 2.09. The molecule has 0 atom stereocenters. The summed E-state index contributed by atoms with van der Waals surface area (Å²) in [6, 6.07) is 9.49. The Morgan fingerprint density at radius 3 is 2.89 bits per heavy atom. The largest absolute Gasteiger partial charge is 0.396 e. The lowest BCUT2D eigenvalue weighted by molar-refractivity contribution is 1.02. The predicted molar refractivity (Wildman–Crippen MR) is 68.0 cm³/mol. The van der Waals surface area contributed by atoms with Gasteiger partial charge in [-0.15, -0.1) is 0 Å². The van der Waals surface area contributed by atoms with E-state index < -0.39 is 0 Å². The highest BCUT2D eigenvalue weighted by molar-refractivity contribution is 5.94. The highest BCUT2D eigenvalue weighted by atomic mass is 15.1. The third-order valence-corrected chi connectivity index (χ3v) is 2.80. The predicted octanol–water partition coefficient (Wildman–Crippen LogP) is 1.87. The molecule has 0 saturated carbocycles. The first-order valence-corrected chi connectivity index (χ1v) is 5.38. The molecule has 2 heterocycles. The number of hydrogen-bond donors (Lipinski definition) is 1. The van der Waals surface area contributed by atoms with Crippen molar-refractivity contribution >= 4 is 16.6 Å². The van der Waals surface area contributed by atoms with E-state index in [1.54, 1.807) is 23.2 Å². The van der Waals surface area contributed by atoms with E-state index in [9.17, 15) is 0 Å². The van der Waals surface area contributed by atoms with Gasteiger partial charge in [-0.3, -0.25) is 9.55 Å². The molecule has 5 heteroatoms. The Bertz CT molecular complexity index is 766. The third kappa shape index (κ3) is 1.40. The molecular weight excluding hydrogens is 226 g/mol. The summed E-state index contributed by atoms with van der Waals surface area (Å²) >= 11 is 0. The van der Waals surface area contributed by atoms with E-state index in [2.05, 4.69) is 9.97 Å². The minimum Gasteiger partial charge on any atom is -0.396 e. The average Bonchev–Trinajstić information content (AvgIpc) is 2.88. The van der Waals surface area contributed by atoms with Crippen LogP contribution in [0.15, 0.2) is 42.9 Å². The zero-order chi connectivity index (χ0) is 12.5. The molecule has 0 radical (unpaired) electrons. The first-order valence-electron chi connectivity index (χ1n) is 5.38. The van der Waals surface area contributed by atoms with Crippen molar-refractivity contribution in [2.45, 2.75) is 0 Å². The number of pyridine rings is 1. The lowest BCUT2D eigenvalue weighted by atomic mass is 10.1. The van der Waals surface area contributed by atoms with Crippen molar-refractivity contribution in [2.24, 2.45) is 0 Å². The Balaban J connectivity index is 2.32. The standard InChI is InChI=1S/C13H9N5/c14-8-12-17-6-7-18(12)11-4-3-10-9(13(11)15)2-1-5-16-10/h1-7H,15H2. The van der Waals surface area contributed by atoms with Crippen LogP contribution in [-0.2, 0) is 0 Å². The molecule has 0 spiro atoms. The Hall–Kier alpha value is -2.87. The van der Waals surface area contributed by atoms with Crippen molar-refractivity contribution in [2.75, 3.05) is 5.73 Å². The lowest BCUT2D eigenvalue weighted by Gasteiger charge is -2.09. The Morgan fingerprint density at radius 2 is 2.06 bits per heavy atom. The summed E-state index contributed by atoms with van der Waals surface area (Å²) < 4.78 is 1.67. The SMILES string of the molecule is N#Cc1nccn1-c1ccc2ncccc2c1N. The molecular formula is C13H9N5. The number of anilines is 1. The third-order valence-electron chi connectivity index (χ3n) is 2.80. The number of fused-ring (bicyclic) bond motifs is 1. The summed E-state index contributed by atoms with van der Waals surface area (Å²) in [4.78, 5) is 8.20. The van der Waals surface area contributed by atoms with Crippen molar-refractivity contribution in [3.8, 4) is 11.8 Å². The normalized spacial score (nSPS) is 10.4. The van der Waals surface area contributed by atoms with E-state index in [-0.39, 0.29) is 0 Å².